The molecule has 6 heteroatoms. The molecule has 25 heavy (non-hydrogen) atoms. The summed E-state index contributed by atoms with van der Waals surface area (Å²) in [6, 6.07) is 4.31. The number of halogens is 1. The number of piperazine rings is 1. The fourth-order valence-corrected chi connectivity index (χ4v) is 4.05. The van der Waals surface area contributed by atoms with Crippen molar-refractivity contribution in [3.8, 4) is 0 Å². The molecule has 1 fully saturated rings. The first-order valence-corrected chi connectivity index (χ1v) is 9.63. The maximum Gasteiger partial charge on any atom is 0.155 e. The van der Waals surface area contributed by atoms with Crippen molar-refractivity contribution in [3.63, 3.8) is 0 Å². The summed E-state index contributed by atoms with van der Waals surface area (Å²) in [6.07, 6.45) is 7.54. The Kier molecular flexibility index (Phi) is 4.75. The number of pyridine rings is 1. The lowest BCUT2D eigenvalue weighted by Gasteiger charge is -2.37. The van der Waals surface area contributed by atoms with Gasteiger partial charge in [-0.3, -0.25) is 0 Å². The van der Waals surface area contributed by atoms with Crippen LogP contribution in [0.5, 0.6) is 0 Å². The van der Waals surface area contributed by atoms with E-state index >= 15 is 0 Å². The van der Waals surface area contributed by atoms with E-state index in [0.29, 0.717) is 5.15 Å². The second kappa shape index (κ2) is 7.16. The Balaban J connectivity index is 1.48. The van der Waals surface area contributed by atoms with Crippen molar-refractivity contribution in [1.82, 2.24) is 15.2 Å². The molecule has 0 amide bonds. The summed E-state index contributed by atoms with van der Waals surface area (Å²) in [5, 5.41) is 9.25. The van der Waals surface area contributed by atoms with Crippen LogP contribution >= 0.6 is 11.6 Å². The lowest BCUT2D eigenvalue weighted by molar-refractivity contribution is 0.620. The topological polar surface area (TPSA) is 45.2 Å². The number of hydrogen-bond acceptors (Lipinski definition) is 5. The summed E-state index contributed by atoms with van der Waals surface area (Å²) in [7, 11) is 0. The van der Waals surface area contributed by atoms with Crippen LogP contribution in [0.3, 0.4) is 0 Å². The largest absolute Gasteiger partial charge is 0.353 e. The Bertz CT molecular complexity index is 738. The van der Waals surface area contributed by atoms with Crippen LogP contribution in [0, 0.1) is 0 Å². The summed E-state index contributed by atoms with van der Waals surface area (Å²) < 4.78 is 0. The molecule has 0 saturated carbocycles. The van der Waals surface area contributed by atoms with E-state index < -0.39 is 0 Å². The first-order valence-electron chi connectivity index (χ1n) is 9.25. The molecule has 1 aliphatic heterocycles. The van der Waals surface area contributed by atoms with Crippen molar-refractivity contribution in [2.45, 2.75) is 39.0 Å². The minimum absolute atomic E-state index is 0.595. The van der Waals surface area contributed by atoms with E-state index in [1.807, 2.05) is 6.20 Å². The molecular formula is C19H24ClN5. The monoisotopic (exact) mass is 357 g/mol. The second-order valence-corrected chi connectivity index (χ2v) is 7.19. The van der Waals surface area contributed by atoms with Crippen LogP contribution in [0.2, 0.25) is 5.15 Å². The number of aromatic nitrogens is 3. The Morgan fingerprint density at radius 1 is 0.960 bits per heavy atom. The first-order chi connectivity index (χ1) is 12.3. The molecule has 0 bridgehead atoms. The highest BCUT2D eigenvalue weighted by molar-refractivity contribution is 6.30. The molecule has 132 valence electrons. The molecule has 2 aliphatic rings. The van der Waals surface area contributed by atoms with Gasteiger partial charge in [0, 0.05) is 37.9 Å². The van der Waals surface area contributed by atoms with Gasteiger partial charge in [0.2, 0.25) is 0 Å². The van der Waals surface area contributed by atoms with Gasteiger partial charge >= 0.3 is 0 Å². The Morgan fingerprint density at radius 2 is 1.68 bits per heavy atom. The zero-order valence-corrected chi connectivity index (χ0v) is 15.5. The first kappa shape index (κ1) is 16.6. The van der Waals surface area contributed by atoms with Crippen molar-refractivity contribution >= 4 is 23.2 Å². The van der Waals surface area contributed by atoms with Crippen molar-refractivity contribution in [2.75, 3.05) is 36.0 Å². The van der Waals surface area contributed by atoms with E-state index in [1.54, 1.807) is 0 Å². The minimum Gasteiger partial charge on any atom is -0.353 e. The highest BCUT2D eigenvalue weighted by atomic mass is 35.5. The lowest BCUT2D eigenvalue weighted by Crippen LogP contribution is -2.47. The Morgan fingerprint density at radius 3 is 2.36 bits per heavy atom. The van der Waals surface area contributed by atoms with Crippen LogP contribution in [-0.4, -0.2) is 41.4 Å². The van der Waals surface area contributed by atoms with Gasteiger partial charge in [-0.15, -0.1) is 10.2 Å². The van der Waals surface area contributed by atoms with Gasteiger partial charge in [-0.25, -0.2) is 4.98 Å². The van der Waals surface area contributed by atoms with E-state index in [2.05, 4.69) is 44.0 Å². The molecule has 2 aromatic heterocycles. The van der Waals surface area contributed by atoms with Gasteiger partial charge in [-0.05, 0) is 49.3 Å². The van der Waals surface area contributed by atoms with Gasteiger partial charge in [-0.1, -0.05) is 24.6 Å². The molecular weight excluding hydrogens is 334 g/mol. The Labute approximate surface area is 154 Å². The summed E-state index contributed by atoms with van der Waals surface area (Å²) >= 11 is 6.27. The van der Waals surface area contributed by atoms with Crippen LogP contribution in [-0.2, 0) is 19.3 Å². The zero-order chi connectivity index (χ0) is 17.2. The summed E-state index contributed by atoms with van der Waals surface area (Å²) in [5.41, 5.74) is 3.83. The quantitative estimate of drug-likeness (QED) is 0.843. The molecule has 5 nitrogen and oxygen atoms in total. The van der Waals surface area contributed by atoms with Gasteiger partial charge < -0.3 is 9.80 Å². The fourth-order valence-electron chi connectivity index (χ4n) is 3.81. The average molecular weight is 358 g/mol. The molecule has 0 atom stereocenters. The molecule has 4 rings (SSSR count). The number of nitrogens with zero attached hydrogens (tertiary/aromatic N) is 5. The number of aryl methyl sites for hydroxylation is 1. The minimum atomic E-state index is 0.595. The molecule has 0 radical (unpaired) electrons. The normalized spacial score (nSPS) is 17.5. The van der Waals surface area contributed by atoms with Crippen LogP contribution < -0.4 is 9.80 Å². The predicted molar refractivity (Wildman–Crippen MR) is 102 cm³/mol. The average Bonchev–Trinajstić information content (AvgIpc) is 2.69. The standard InChI is InChI=1S/C19H24ClN5/c1-2-14-7-8-17(21-13-14)24-9-11-25(12-10-24)19-16-6-4-3-5-15(16)18(20)22-23-19/h7-8,13H,2-6,9-12H2,1H3. The highest BCUT2D eigenvalue weighted by Crippen LogP contribution is 2.32. The third kappa shape index (κ3) is 3.30. The number of hydrogen-bond donors (Lipinski definition) is 0. The smallest absolute Gasteiger partial charge is 0.155 e. The van der Waals surface area contributed by atoms with Crippen molar-refractivity contribution < 1.29 is 0 Å². The summed E-state index contributed by atoms with van der Waals surface area (Å²) in [5.74, 6) is 2.12. The summed E-state index contributed by atoms with van der Waals surface area (Å²) in [4.78, 5) is 9.33. The number of fused-ring (bicyclic) bond motifs is 1. The fraction of sp³-hybridized carbons (Fsp3) is 0.526. The van der Waals surface area contributed by atoms with Gasteiger partial charge in [-0.2, -0.15) is 0 Å². The van der Waals surface area contributed by atoms with Crippen LogP contribution in [0.15, 0.2) is 18.3 Å². The van der Waals surface area contributed by atoms with Crippen molar-refractivity contribution in [1.29, 1.82) is 0 Å². The number of rotatable bonds is 3. The van der Waals surface area contributed by atoms with E-state index in [0.717, 1.165) is 57.1 Å². The van der Waals surface area contributed by atoms with Gasteiger partial charge in [0.05, 0.1) is 0 Å². The number of anilines is 2. The van der Waals surface area contributed by atoms with Crippen LogP contribution in [0.4, 0.5) is 11.6 Å². The molecule has 0 spiro atoms. The molecule has 0 unspecified atom stereocenters. The Hall–Kier alpha value is -1.88. The maximum atomic E-state index is 6.27. The summed E-state index contributed by atoms with van der Waals surface area (Å²) in [6.45, 7) is 5.96. The van der Waals surface area contributed by atoms with Crippen molar-refractivity contribution in [3.05, 3.63) is 40.2 Å². The van der Waals surface area contributed by atoms with Crippen LogP contribution in [0.1, 0.15) is 36.5 Å². The predicted octanol–water partition coefficient (Wildman–Crippen LogP) is 3.29. The second-order valence-electron chi connectivity index (χ2n) is 6.83. The molecule has 1 aliphatic carbocycles. The van der Waals surface area contributed by atoms with Gasteiger partial charge in [0.25, 0.3) is 0 Å². The molecule has 3 heterocycles. The zero-order valence-electron chi connectivity index (χ0n) is 14.7. The molecule has 0 aromatic carbocycles. The molecule has 0 N–H and O–H groups in total. The van der Waals surface area contributed by atoms with E-state index in [9.17, 15) is 0 Å². The molecule has 2 aromatic rings. The van der Waals surface area contributed by atoms with Crippen LogP contribution in [0.25, 0.3) is 0 Å². The van der Waals surface area contributed by atoms with Gasteiger partial charge in [0.1, 0.15) is 5.82 Å². The third-order valence-corrected chi connectivity index (χ3v) is 5.64. The van der Waals surface area contributed by atoms with E-state index in [-0.39, 0.29) is 0 Å². The third-order valence-electron chi connectivity index (χ3n) is 5.34. The maximum absolute atomic E-state index is 6.27. The van der Waals surface area contributed by atoms with E-state index in [1.165, 1.54) is 29.5 Å². The van der Waals surface area contributed by atoms with E-state index in [4.69, 9.17) is 11.6 Å². The van der Waals surface area contributed by atoms with Crippen molar-refractivity contribution in [2.24, 2.45) is 0 Å². The lowest BCUT2D eigenvalue weighted by atomic mass is 9.93. The SMILES string of the molecule is CCc1ccc(N2CCN(c3nnc(Cl)c4c3CCCC4)CC2)nc1. The molecule has 1 saturated heterocycles. The van der Waals surface area contributed by atoms with Gasteiger partial charge in [0.15, 0.2) is 11.0 Å². The highest BCUT2D eigenvalue weighted by Gasteiger charge is 2.25.